The molecule has 20 heavy (non-hydrogen) atoms. The Balaban J connectivity index is 1.95. The van der Waals surface area contributed by atoms with Crippen molar-refractivity contribution in [1.82, 2.24) is 5.32 Å². The number of anilines is 1. The quantitative estimate of drug-likeness (QED) is 0.732. The number of hydrogen-bond donors (Lipinski definition) is 3. The van der Waals surface area contributed by atoms with Gasteiger partial charge in [-0.05, 0) is 34.8 Å². The summed E-state index contributed by atoms with van der Waals surface area (Å²) in [6.45, 7) is -0.0296. The Morgan fingerprint density at radius 1 is 1.30 bits per heavy atom. The molecule has 1 saturated carbocycles. The average molecular weight is 349 g/mol. The number of carbonyl (C=O) groups excluding carboxylic acids is 1. The molecule has 1 aliphatic carbocycles. The van der Waals surface area contributed by atoms with Crippen LogP contribution in [0, 0.1) is 17.0 Å². The largest absolute Gasteiger partial charge is 0.481 e. The first-order valence-corrected chi connectivity index (χ1v) is 6.56. The van der Waals surface area contributed by atoms with Gasteiger partial charge in [-0.1, -0.05) is 0 Å². The summed E-state index contributed by atoms with van der Waals surface area (Å²) in [7, 11) is 0. The lowest BCUT2D eigenvalue weighted by Gasteiger charge is -2.12. The fourth-order valence-corrected chi connectivity index (χ4v) is 1.99. The molecule has 0 heterocycles. The summed E-state index contributed by atoms with van der Waals surface area (Å²) < 4.78 is 26.4. The molecule has 0 atom stereocenters. The summed E-state index contributed by atoms with van der Waals surface area (Å²) in [6.07, 6.45) is 0.998. The number of carboxylic acid groups (broad SMARTS) is 1. The van der Waals surface area contributed by atoms with Crippen molar-refractivity contribution >= 4 is 33.6 Å². The topological polar surface area (TPSA) is 78.4 Å². The van der Waals surface area contributed by atoms with Crippen LogP contribution in [0.25, 0.3) is 0 Å². The monoisotopic (exact) mass is 348 g/mol. The van der Waals surface area contributed by atoms with E-state index in [4.69, 9.17) is 5.11 Å². The lowest BCUT2D eigenvalue weighted by Crippen LogP contribution is -2.37. The van der Waals surface area contributed by atoms with Crippen molar-refractivity contribution in [2.75, 3.05) is 11.9 Å². The molecule has 1 aliphatic rings. The van der Waals surface area contributed by atoms with Crippen molar-refractivity contribution in [3.63, 3.8) is 0 Å². The molecular weight excluding hydrogens is 338 g/mol. The van der Waals surface area contributed by atoms with Crippen LogP contribution in [0.5, 0.6) is 0 Å². The number of nitrogens with one attached hydrogen (secondary N) is 2. The summed E-state index contributed by atoms with van der Waals surface area (Å²) in [6, 6.07) is 0.989. The molecule has 0 spiro atoms. The number of amides is 2. The fourth-order valence-electron chi connectivity index (χ4n) is 1.65. The van der Waals surface area contributed by atoms with Gasteiger partial charge in [-0.2, -0.15) is 0 Å². The Morgan fingerprint density at radius 3 is 2.50 bits per heavy atom. The van der Waals surface area contributed by atoms with Gasteiger partial charge in [0.05, 0.1) is 15.6 Å². The van der Waals surface area contributed by atoms with E-state index in [9.17, 15) is 18.4 Å². The van der Waals surface area contributed by atoms with E-state index >= 15 is 0 Å². The maximum Gasteiger partial charge on any atom is 0.319 e. The van der Waals surface area contributed by atoms with Gasteiger partial charge in [0.2, 0.25) is 0 Å². The smallest absolute Gasteiger partial charge is 0.319 e. The van der Waals surface area contributed by atoms with Gasteiger partial charge >= 0.3 is 12.0 Å². The average Bonchev–Trinajstić information content (AvgIpc) is 3.15. The minimum Gasteiger partial charge on any atom is -0.481 e. The van der Waals surface area contributed by atoms with E-state index in [0.717, 1.165) is 6.07 Å². The predicted molar refractivity (Wildman–Crippen MR) is 70.4 cm³/mol. The molecule has 0 unspecified atom stereocenters. The third-order valence-corrected chi connectivity index (χ3v) is 3.76. The van der Waals surface area contributed by atoms with Crippen molar-refractivity contribution < 1.29 is 23.5 Å². The van der Waals surface area contributed by atoms with E-state index in [-0.39, 0.29) is 16.7 Å². The van der Waals surface area contributed by atoms with E-state index in [1.165, 1.54) is 0 Å². The van der Waals surface area contributed by atoms with Gasteiger partial charge < -0.3 is 15.7 Å². The number of urea groups is 1. The molecule has 5 nitrogen and oxygen atoms in total. The minimum absolute atomic E-state index is 0.0124. The van der Waals surface area contributed by atoms with Crippen LogP contribution in [0.15, 0.2) is 16.6 Å². The standard InChI is InChI=1S/C12H11BrF2N2O3/c13-6-3-9(8(15)4-7(6)14)17-11(20)16-5-12(1-2-12)10(18)19/h3-4H,1-2,5H2,(H,18,19)(H2,16,17,20). The molecule has 1 fully saturated rings. The highest BCUT2D eigenvalue weighted by Crippen LogP contribution is 2.45. The van der Waals surface area contributed by atoms with Crippen LogP contribution >= 0.6 is 15.9 Å². The van der Waals surface area contributed by atoms with Crippen molar-refractivity contribution in [3.05, 3.63) is 28.2 Å². The summed E-state index contributed by atoms with van der Waals surface area (Å²) in [5, 5.41) is 13.5. The Morgan fingerprint density at radius 2 is 1.95 bits per heavy atom. The number of carbonyl (C=O) groups is 2. The molecule has 1 aromatic rings. The molecule has 1 aromatic carbocycles. The Labute approximate surface area is 121 Å². The second-order valence-electron chi connectivity index (χ2n) is 4.64. The van der Waals surface area contributed by atoms with E-state index in [1.807, 2.05) is 0 Å². The number of rotatable bonds is 4. The van der Waals surface area contributed by atoms with Crippen LogP contribution in [0.2, 0.25) is 0 Å². The lowest BCUT2D eigenvalue weighted by molar-refractivity contribution is -0.143. The van der Waals surface area contributed by atoms with Crippen LogP contribution in [-0.2, 0) is 4.79 Å². The molecule has 8 heteroatoms. The Kier molecular flexibility index (Phi) is 3.94. The SMILES string of the molecule is O=C(NCC1(C(=O)O)CC1)Nc1cc(Br)c(F)cc1F. The lowest BCUT2D eigenvalue weighted by atomic mass is 10.1. The molecule has 0 aliphatic heterocycles. The van der Waals surface area contributed by atoms with Crippen LogP contribution in [0.4, 0.5) is 19.3 Å². The Hall–Kier alpha value is -1.70. The summed E-state index contributed by atoms with van der Waals surface area (Å²) in [5.74, 6) is -2.66. The zero-order valence-electron chi connectivity index (χ0n) is 10.2. The van der Waals surface area contributed by atoms with Gasteiger partial charge in [-0.3, -0.25) is 4.79 Å². The van der Waals surface area contributed by atoms with Crippen molar-refractivity contribution in [1.29, 1.82) is 0 Å². The molecule has 0 bridgehead atoms. The Bertz CT molecular complexity index is 576. The van der Waals surface area contributed by atoms with Gasteiger partial charge in [-0.25, -0.2) is 13.6 Å². The van der Waals surface area contributed by atoms with Gasteiger partial charge in [0.15, 0.2) is 0 Å². The third kappa shape index (κ3) is 3.06. The van der Waals surface area contributed by atoms with E-state index in [1.54, 1.807) is 0 Å². The number of aliphatic carboxylic acids is 1. The maximum absolute atomic E-state index is 13.4. The van der Waals surface area contributed by atoms with Crippen molar-refractivity contribution in [3.8, 4) is 0 Å². The minimum atomic E-state index is -0.964. The molecule has 108 valence electrons. The van der Waals surface area contributed by atoms with Crippen molar-refractivity contribution in [2.24, 2.45) is 5.41 Å². The van der Waals surface area contributed by atoms with Gasteiger partial charge in [-0.15, -0.1) is 0 Å². The van der Waals surface area contributed by atoms with Gasteiger partial charge in [0.25, 0.3) is 0 Å². The molecule has 2 amide bonds. The van der Waals surface area contributed by atoms with Crippen LogP contribution in [-0.4, -0.2) is 23.7 Å². The summed E-state index contributed by atoms with van der Waals surface area (Å²) in [4.78, 5) is 22.5. The van der Waals surface area contributed by atoms with E-state index in [0.29, 0.717) is 18.9 Å². The zero-order valence-corrected chi connectivity index (χ0v) is 11.8. The second-order valence-corrected chi connectivity index (χ2v) is 5.49. The predicted octanol–water partition coefficient (Wildman–Crippen LogP) is 2.71. The summed E-state index contributed by atoms with van der Waals surface area (Å²) >= 11 is 2.88. The van der Waals surface area contributed by atoms with Crippen molar-refractivity contribution in [2.45, 2.75) is 12.8 Å². The number of hydrogen-bond acceptors (Lipinski definition) is 2. The highest BCUT2D eigenvalue weighted by molar-refractivity contribution is 9.10. The first-order valence-electron chi connectivity index (χ1n) is 5.77. The molecule has 0 saturated heterocycles. The van der Waals surface area contributed by atoms with Gasteiger partial charge in [0.1, 0.15) is 11.6 Å². The van der Waals surface area contributed by atoms with Crippen LogP contribution in [0.3, 0.4) is 0 Å². The summed E-state index contributed by atoms with van der Waals surface area (Å²) in [5.41, 5.74) is -1.10. The number of carboxylic acids is 1. The first-order chi connectivity index (χ1) is 9.34. The second kappa shape index (κ2) is 5.35. The molecule has 3 N–H and O–H groups in total. The normalized spacial score (nSPS) is 15.6. The van der Waals surface area contributed by atoms with E-state index < -0.39 is 29.0 Å². The molecule has 0 aromatic heterocycles. The van der Waals surface area contributed by atoms with Gasteiger partial charge in [0, 0.05) is 12.6 Å². The fraction of sp³-hybridized carbons (Fsp3) is 0.333. The molecule has 2 rings (SSSR count). The number of benzene rings is 1. The number of halogens is 3. The van der Waals surface area contributed by atoms with Crippen LogP contribution in [0.1, 0.15) is 12.8 Å². The van der Waals surface area contributed by atoms with Crippen LogP contribution < -0.4 is 10.6 Å². The highest BCUT2D eigenvalue weighted by atomic mass is 79.9. The molecular formula is C12H11BrF2N2O3. The highest BCUT2D eigenvalue weighted by Gasteiger charge is 2.50. The first kappa shape index (κ1) is 14.7. The third-order valence-electron chi connectivity index (χ3n) is 3.15. The zero-order chi connectivity index (χ0) is 14.9. The maximum atomic E-state index is 13.4. The molecule has 0 radical (unpaired) electrons. The van der Waals surface area contributed by atoms with E-state index in [2.05, 4.69) is 26.6 Å².